The molecule has 4 heteroatoms. The Morgan fingerprint density at radius 2 is 2.58 bits per heavy atom. The van der Waals surface area contributed by atoms with Crippen LogP contribution in [0.25, 0.3) is 0 Å². The Morgan fingerprint density at radius 1 is 1.75 bits per heavy atom. The monoisotopic (exact) mass is 166 g/mol. The molecule has 1 heterocycles. The number of nitrogens with one attached hydrogen (secondary N) is 1. The van der Waals surface area contributed by atoms with Gasteiger partial charge in [-0.2, -0.15) is 5.10 Å². The Bertz CT molecular complexity index is 217. The molecule has 1 aromatic rings. The molecule has 1 aromatic heterocycles. The van der Waals surface area contributed by atoms with Gasteiger partial charge in [-0.25, -0.2) is 9.67 Å². The van der Waals surface area contributed by atoms with Crippen LogP contribution in [0.1, 0.15) is 13.0 Å². The first-order valence-corrected chi connectivity index (χ1v) is 4.00. The fraction of sp³-hybridized carbons (Fsp3) is 0.500. The van der Waals surface area contributed by atoms with Crippen molar-refractivity contribution in [3.63, 3.8) is 0 Å². The smallest absolute Gasteiger partial charge is 0.137 e. The van der Waals surface area contributed by atoms with Crippen LogP contribution in [0.4, 0.5) is 0 Å². The lowest BCUT2D eigenvalue weighted by atomic mass is 10.3. The Hall–Kier alpha value is -1.16. The first-order chi connectivity index (χ1) is 5.84. The molecule has 12 heavy (non-hydrogen) atoms. The quantitative estimate of drug-likeness (QED) is 0.515. The lowest BCUT2D eigenvalue weighted by Gasteiger charge is -2.10. The fourth-order valence-electron chi connectivity index (χ4n) is 0.933. The maximum absolute atomic E-state index is 4.03. The highest BCUT2D eigenvalue weighted by Gasteiger charge is 2.02. The molecule has 0 spiro atoms. The van der Waals surface area contributed by atoms with Gasteiger partial charge in [0.15, 0.2) is 0 Å². The summed E-state index contributed by atoms with van der Waals surface area (Å²) in [5.74, 6) is 0. The van der Waals surface area contributed by atoms with E-state index in [9.17, 15) is 0 Å². The summed E-state index contributed by atoms with van der Waals surface area (Å²) in [6.45, 7) is 7.43. The molecule has 0 aliphatic carbocycles. The summed E-state index contributed by atoms with van der Waals surface area (Å²) in [5.41, 5.74) is 0. The zero-order chi connectivity index (χ0) is 8.81. The zero-order valence-electron chi connectivity index (χ0n) is 7.27. The molecule has 0 amide bonds. The lowest BCUT2D eigenvalue weighted by molar-refractivity contribution is 0.463. The molecule has 66 valence electrons. The maximum Gasteiger partial charge on any atom is 0.137 e. The van der Waals surface area contributed by atoms with E-state index in [1.807, 2.05) is 10.8 Å². The van der Waals surface area contributed by atoms with E-state index in [0.717, 1.165) is 13.1 Å². The number of nitrogens with zero attached hydrogens (tertiary/aromatic N) is 3. The lowest BCUT2D eigenvalue weighted by Crippen LogP contribution is -2.23. The van der Waals surface area contributed by atoms with E-state index in [1.165, 1.54) is 0 Å². The Morgan fingerprint density at radius 3 is 3.17 bits per heavy atom. The summed E-state index contributed by atoms with van der Waals surface area (Å²) in [6.07, 6.45) is 5.11. The van der Waals surface area contributed by atoms with Crippen molar-refractivity contribution in [2.45, 2.75) is 13.0 Å². The second-order valence-electron chi connectivity index (χ2n) is 2.67. The zero-order valence-corrected chi connectivity index (χ0v) is 7.27. The predicted molar refractivity (Wildman–Crippen MR) is 47.8 cm³/mol. The molecule has 0 radical (unpaired) electrons. The van der Waals surface area contributed by atoms with Gasteiger partial charge in [0.1, 0.15) is 12.7 Å². The summed E-state index contributed by atoms with van der Waals surface area (Å²) in [4.78, 5) is 3.88. The summed E-state index contributed by atoms with van der Waals surface area (Å²) < 4.78 is 1.83. The third-order valence-corrected chi connectivity index (χ3v) is 1.62. The summed E-state index contributed by atoms with van der Waals surface area (Å²) in [5, 5.41) is 7.25. The number of rotatable bonds is 5. The average Bonchev–Trinajstić information content (AvgIpc) is 2.56. The molecular weight excluding hydrogens is 152 g/mol. The van der Waals surface area contributed by atoms with Gasteiger partial charge in [0.05, 0.1) is 6.04 Å². The van der Waals surface area contributed by atoms with Crippen molar-refractivity contribution < 1.29 is 0 Å². The Kier molecular flexibility index (Phi) is 3.47. The van der Waals surface area contributed by atoms with Crippen LogP contribution in [0.3, 0.4) is 0 Å². The van der Waals surface area contributed by atoms with Gasteiger partial charge in [-0.1, -0.05) is 6.08 Å². The van der Waals surface area contributed by atoms with E-state index in [4.69, 9.17) is 0 Å². The van der Waals surface area contributed by atoms with Crippen molar-refractivity contribution in [1.29, 1.82) is 0 Å². The summed E-state index contributed by atoms with van der Waals surface area (Å²) in [7, 11) is 0. The molecule has 0 aliphatic rings. The van der Waals surface area contributed by atoms with Gasteiger partial charge in [-0.05, 0) is 6.92 Å². The summed E-state index contributed by atoms with van der Waals surface area (Å²) >= 11 is 0. The van der Waals surface area contributed by atoms with Crippen molar-refractivity contribution in [3.8, 4) is 0 Å². The fourth-order valence-corrected chi connectivity index (χ4v) is 0.933. The van der Waals surface area contributed by atoms with E-state index < -0.39 is 0 Å². The van der Waals surface area contributed by atoms with E-state index in [1.54, 1.807) is 12.7 Å². The van der Waals surface area contributed by atoms with Gasteiger partial charge >= 0.3 is 0 Å². The topological polar surface area (TPSA) is 42.7 Å². The van der Waals surface area contributed by atoms with Crippen molar-refractivity contribution in [1.82, 2.24) is 20.1 Å². The summed E-state index contributed by atoms with van der Waals surface area (Å²) in [6, 6.07) is 0.340. The van der Waals surface area contributed by atoms with Gasteiger partial charge in [0.25, 0.3) is 0 Å². The largest absolute Gasteiger partial charge is 0.311 e. The molecule has 1 unspecified atom stereocenters. The van der Waals surface area contributed by atoms with Crippen molar-refractivity contribution in [2.24, 2.45) is 0 Å². The highest BCUT2D eigenvalue weighted by molar-refractivity contribution is 4.72. The molecular formula is C8H14N4. The molecule has 4 nitrogen and oxygen atoms in total. The number of hydrogen-bond acceptors (Lipinski definition) is 3. The van der Waals surface area contributed by atoms with Gasteiger partial charge in [-0.15, -0.1) is 6.58 Å². The average molecular weight is 166 g/mol. The standard InChI is InChI=1S/C8H14N4/c1-3-4-9-5-8(2)12-7-10-6-11-12/h3,6-9H,1,4-5H2,2H3. The SMILES string of the molecule is C=CCNCC(C)n1cncn1. The van der Waals surface area contributed by atoms with Crippen LogP contribution in [-0.4, -0.2) is 27.9 Å². The van der Waals surface area contributed by atoms with Crippen LogP contribution in [-0.2, 0) is 0 Å². The normalized spacial score (nSPS) is 12.8. The van der Waals surface area contributed by atoms with Gasteiger partial charge in [-0.3, -0.25) is 0 Å². The minimum absolute atomic E-state index is 0.340. The molecule has 0 saturated carbocycles. The second kappa shape index (κ2) is 4.66. The van der Waals surface area contributed by atoms with Crippen LogP contribution >= 0.6 is 0 Å². The first-order valence-electron chi connectivity index (χ1n) is 4.00. The van der Waals surface area contributed by atoms with E-state index in [-0.39, 0.29) is 0 Å². The Labute approximate surface area is 72.3 Å². The molecule has 0 fully saturated rings. The third-order valence-electron chi connectivity index (χ3n) is 1.62. The van der Waals surface area contributed by atoms with Crippen molar-refractivity contribution in [2.75, 3.05) is 13.1 Å². The van der Waals surface area contributed by atoms with Crippen LogP contribution in [0, 0.1) is 0 Å². The molecule has 1 rings (SSSR count). The van der Waals surface area contributed by atoms with Crippen LogP contribution in [0.2, 0.25) is 0 Å². The van der Waals surface area contributed by atoms with Crippen LogP contribution < -0.4 is 5.32 Å². The minimum Gasteiger partial charge on any atom is -0.311 e. The van der Waals surface area contributed by atoms with E-state index in [0.29, 0.717) is 6.04 Å². The van der Waals surface area contributed by atoms with Crippen molar-refractivity contribution in [3.05, 3.63) is 25.3 Å². The molecule has 1 N–H and O–H groups in total. The van der Waals surface area contributed by atoms with Gasteiger partial charge < -0.3 is 5.32 Å². The van der Waals surface area contributed by atoms with Crippen molar-refractivity contribution >= 4 is 0 Å². The van der Waals surface area contributed by atoms with E-state index in [2.05, 4.69) is 28.9 Å². The number of aromatic nitrogens is 3. The molecule has 0 aliphatic heterocycles. The molecule has 1 atom stereocenters. The molecule has 0 aromatic carbocycles. The highest BCUT2D eigenvalue weighted by atomic mass is 15.3. The number of hydrogen-bond donors (Lipinski definition) is 1. The highest BCUT2D eigenvalue weighted by Crippen LogP contribution is 1.98. The second-order valence-corrected chi connectivity index (χ2v) is 2.67. The molecule has 0 bridgehead atoms. The van der Waals surface area contributed by atoms with E-state index >= 15 is 0 Å². The van der Waals surface area contributed by atoms with Crippen LogP contribution in [0.5, 0.6) is 0 Å². The minimum atomic E-state index is 0.340. The first kappa shape index (κ1) is 8.93. The third kappa shape index (κ3) is 2.47. The predicted octanol–water partition coefficient (Wildman–Crippen LogP) is 0.615. The maximum atomic E-state index is 4.03. The molecule has 0 saturated heterocycles. The van der Waals surface area contributed by atoms with Crippen LogP contribution in [0.15, 0.2) is 25.3 Å². The van der Waals surface area contributed by atoms with Gasteiger partial charge in [0.2, 0.25) is 0 Å². The van der Waals surface area contributed by atoms with Gasteiger partial charge in [0, 0.05) is 13.1 Å². The Balaban J connectivity index is 2.29.